The highest BCUT2D eigenvalue weighted by Gasteiger charge is 2.17. The highest BCUT2D eigenvalue weighted by atomic mass is 32.2. The lowest BCUT2D eigenvalue weighted by molar-refractivity contribution is 0.0957. The van der Waals surface area contributed by atoms with Crippen molar-refractivity contribution in [1.82, 2.24) is 15.5 Å². The molecule has 5 nitrogen and oxygen atoms in total. The Morgan fingerprint density at radius 1 is 1.36 bits per heavy atom. The van der Waals surface area contributed by atoms with E-state index in [1.54, 1.807) is 30.0 Å². The van der Waals surface area contributed by atoms with Gasteiger partial charge in [-0.3, -0.25) is 9.89 Å². The van der Waals surface area contributed by atoms with Gasteiger partial charge in [0.05, 0.1) is 17.5 Å². The van der Waals surface area contributed by atoms with Crippen LogP contribution < -0.4 is 5.32 Å². The maximum absolute atomic E-state index is 13.8. The second-order valence-electron chi connectivity index (χ2n) is 4.58. The van der Waals surface area contributed by atoms with E-state index < -0.39 is 5.82 Å². The first-order valence-electron chi connectivity index (χ1n) is 6.99. The van der Waals surface area contributed by atoms with Crippen molar-refractivity contribution in [3.8, 4) is 11.3 Å². The van der Waals surface area contributed by atoms with Gasteiger partial charge in [-0.25, -0.2) is 4.39 Å². The lowest BCUT2D eigenvalue weighted by Gasteiger charge is -2.06. The van der Waals surface area contributed by atoms with Crippen LogP contribution in [0.3, 0.4) is 0 Å². The number of amides is 1. The minimum atomic E-state index is -0.402. The summed E-state index contributed by atoms with van der Waals surface area (Å²) in [7, 11) is 0. The van der Waals surface area contributed by atoms with E-state index in [4.69, 9.17) is 5.11 Å². The molecule has 118 valence electrons. The van der Waals surface area contributed by atoms with Crippen LogP contribution in [0.4, 0.5) is 4.39 Å². The zero-order chi connectivity index (χ0) is 15.8. The summed E-state index contributed by atoms with van der Waals surface area (Å²) in [5.41, 5.74) is 1.02. The molecule has 22 heavy (non-hydrogen) atoms. The molecule has 3 N–H and O–H groups in total. The molecule has 0 atom stereocenters. The maximum Gasteiger partial charge on any atom is 0.255 e. The van der Waals surface area contributed by atoms with Gasteiger partial charge in [0, 0.05) is 24.5 Å². The monoisotopic (exact) mass is 323 g/mol. The highest BCUT2D eigenvalue weighted by Crippen LogP contribution is 2.23. The zero-order valence-corrected chi connectivity index (χ0v) is 12.8. The van der Waals surface area contributed by atoms with E-state index in [0.717, 1.165) is 17.9 Å². The number of rotatable bonds is 8. The summed E-state index contributed by atoms with van der Waals surface area (Å²) in [6.45, 7) is 0.692. The molecule has 0 aliphatic rings. The third-order valence-corrected chi connectivity index (χ3v) is 4.08. The Balaban J connectivity index is 1.95. The predicted octanol–water partition coefficient (Wildman–Crippen LogP) is 2.06. The van der Waals surface area contributed by atoms with Gasteiger partial charge in [0.25, 0.3) is 5.91 Å². The molecular weight excluding hydrogens is 305 g/mol. The molecule has 1 amide bonds. The molecule has 0 saturated heterocycles. The summed E-state index contributed by atoms with van der Waals surface area (Å²) < 4.78 is 13.8. The van der Waals surface area contributed by atoms with Crippen molar-refractivity contribution in [2.75, 3.05) is 24.7 Å². The lowest BCUT2D eigenvalue weighted by atomic mass is 10.1. The van der Waals surface area contributed by atoms with Crippen molar-refractivity contribution in [2.24, 2.45) is 0 Å². The van der Waals surface area contributed by atoms with Crippen molar-refractivity contribution < 1.29 is 14.3 Å². The number of nitrogens with zero attached hydrogens (tertiary/aromatic N) is 1. The number of hydrogen-bond acceptors (Lipinski definition) is 4. The third-order valence-electron chi connectivity index (χ3n) is 3.01. The average Bonchev–Trinajstić information content (AvgIpc) is 3.00. The Morgan fingerprint density at radius 3 is 2.95 bits per heavy atom. The molecule has 2 rings (SSSR count). The van der Waals surface area contributed by atoms with E-state index >= 15 is 0 Å². The summed E-state index contributed by atoms with van der Waals surface area (Å²) in [6.07, 6.45) is 2.15. The van der Waals surface area contributed by atoms with Crippen LogP contribution in [0.1, 0.15) is 16.8 Å². The van der Waals surface area contributed by atoms with Crippen LogP contribution in [0.2, 0.25) is 0 Å². The van der Waals surface area contributed by atoms with Gasteiger partial charge in [-0.05, 0) is 24.3 Å². The van der Waals surface area contributed by atoms with E-state index in [0.29, 0.717) is 23.4 Å². The van der Waals surface area contributed by atoms with Crippen molar-refractivity contribution in [3.05, 3.63) is 41.8 Å². The van der Waals surface area contributed by atoms with Crippen LogP contribution in [0.5, 0.6) is 0 Å². The fourth-order valence-corrected chi connectivity index (χ4v) is 2.71. The Morgan fingerprint density at radius 2 is 2.18 bits per heavy atom. The number of thioether (sulfide) groups is 1. The van der Waals surface area contributed by atoms with Gasteiger partial charge in [0.1, 0.15) is 5.82 Å². The maximum atomic E-state index is 13.8. The van der Waals surface area contributed by atoms with E-state index in [1.807, 2.05) is 0 Å². The van der Waals surface area contributed by atoms with Crippen LogP contribution in [0, 0.1) is 5.82 Å². The average molecular weight is 323 g/mol. The molecule has 0 fully saturated rings. The summed E-state index contributed by atoms with van der Waals surface area (Å²) in [5.74, 6) is 0.937. The zero-order valence-electron chi connectivity index (χ0n) is 12.0. The van der Waals surface area contributed by atoms with Gasteiger partial charge in [-0.1, -0.05) is 12.1 Å². The SMILES string of the molecule is O=C(NCCSCCCO)c1cn[nH]c1-c1ccccc1F. The van der Waals surface area contributed by atoms with Crippen molar-refractivity contribution in [2.45, 2.75) is 6.42 Å². The van der Waals surface area contributed by atoms with E-state index in [9.17, 15) is 9.18 Å². The quantitative estimate of drug-likeness (QED) is 0.650. The second kappa shape index (κ2) is 8.55. The molecule has 0 saturated carbocycles. The molecule has 0 spiro atoms. The van der Waals surface area contributed by atoms with Gasteiger partial charge >= 0.3 is 0 Å². The van der Waals surface area contributed by atoms with Gasteiger partial charge in [-0.2, -0.15) is 16.9 Å². The Bertz CT molecular complexity index is 618. The lowest BCUT2D eigenvalue weighted by Crippen LogP contribution is -2.26. The molecule has 0 aliphatic carbocycles. The second-order valence-corrected chi connectivity index (χ2v) is 5.81. The van der Waals surface area contributed by atoms with Crippen LogP contribution >= 0.6 is 11.8 Å². The first-order chi connectivity index (χ1) is 10.7. The number of nitrogens with one attached hydrogen (secondary N) is 2. The fraction of sp³-hybridized carbons (Fsp3) is 0.333. The first-order valence-corrected chi connectivity index (χ1v) is 8.14. The summed E-state index contributed by atoms with van der Waals surface area (Å²) in [5, 5.41) is 18.0. The van der Waals surface area contributed by atoms with Crippen LogP contribution in [-0.4, -0.2) is 45.9 Å². The normalized spacial score (nSPS) is 10.6. The smallest absolute Gasteiger partial charge is 0.255 e. The van der Waals surface area contributed by atoms with E-state index in [-0.39, 0.29) is 12.5 Å². The van der Waals surface area contributed by atoms with E-state index in [1.165, 1.54) is 12.3 Å². The largest absolute Gasteiger partial charge is 0.396 e. The minimum absolute atomic E-state index is 0.181. The number of carbonyl (C=O) groups is 1. The van der Waals surface area contributed by atoms with Crippen LogP contribution in [0.15, 0.2) is 30.5 Å². The number of aliphatic hydroxyl groups excluding tert-OH is 1. The molecule has 1 heterocycles. The van der Waals surface area contributed by atoms with E-state index in [2.05, 4.69) is 15.5 Å². The van der Waals surface area contributed by atoms with Gasteiger partial charge in [0.2, 0.25) is 0 Å². The molecule has 0 aliphatic heterocycles. The number of hydrogen-bond donors (Lipinski definition) is 3. The summed E-state index contributed by atoms with van der Waals surface area (Å²) in [6, 6.07) is 6.25. The first kappa shape index (κ1) is 16.5. The molecular formula is C15H18FN3O2S. The van der Waals surface area contributed by atoms with Crippen LogP contribution in [-0.2, 0) is 0 Å². The molecule has 0 radical (unpaired) electrons. The highest BCUT2D eigenvalue weighted by molar-refractivity contribution is 7.99. The number of H-pyrrole nitrogens is 1. The number of carbonyl (C=O) groups excluding carboxylic acids is 1. The van der Waals surface area contributed by atoms with Gasteiger partial charge < -0.3 is 10.4 Å². The van der Waals surface area contributed by atoms with Gasteiger partial charge in [0.15, 0.2) is 0 Å². The number of aromatic nitrogens is 2. The standard InChI is InChI=1S/C15H18FN3O2S/c16-13-5-2-1-4-11(13)14-12(10-18-19-14)15(21)17-6-9-22-8-3-7-20/h1-2,4-5,10,20H,3,6-9H2,(H,17,21)(H,18,19). The fourth-order valence-electron chi connectivity index (χ4n) is 1.93. The topological polar surface area (TPSA) is 78.0 Å². The van der Waals surface area contributed by atoms with Crippen molar-refractivity contribution in [3.63, 3.8) is 0 Å². The molecule has 0 bridgehead atoms. The Hall–Kier alpha value is -1.86. The molecule has 0 unspecified atom stereocenters. The number of benzene rings is 1. The number of halogens is 1. The minimum Gasteiger partial charge on any atom is -0.396 e. The summed E-state index contributed by atoms with van der Waals surface area (Å²) >= 11 is 1.66. The molecule has 2 aromatic rings. The Kier molecular flexibility index (Phi) is 6.42. The number of aliphatic hydroxyl groups is 1. The summed E-state index contributed by atoms with van der Waals surface area (Å²) in [4.78, 5) is 12.2. The van der Waals surface area contributed by atoms with Gasteiger partial charge in [-0.15, -0.1) is 0 Å². The van der Waals surface area contributed by atoms with Crippen molar-refractivity contribution in [1.29, 1.82) is 0 Å². The van der Waals surface area contributed by atoms with Crippen LogP contribution in [0.25, 0.3) is 11.3 Å². The van der Waals surface area contributed by atoms with Crippen molar-refractivity contribution >= 4 is 17.7 Å². The molecule has 7 heteroatoms. The number of aromatic amines is 1. The predicted molar refractivity (Wildman–Crippen MR) is 85.3 cm³/mol. The third kappa shape index (κ3) is 4.32. The molecule has 1 aromatic heterocycles. The Labute approximate surface area is 132 Å². The molecule has 1 aromatic carbocycles.